The van der Waals surface area contributed by atoms with Gasteiger partial charge in [-0.25, -0.2) is 0 Å². The first-order valence-electron chi connectivity index (χ1n) is 8.80. The van der Waals surface area contributed by atoms with Crippen molar-refractivity contribution >= 4 is 12.4 Å². The lowest BCUT2D eigenvalue weighted by molar-refractivity contribution is 0.240. The Morgan fingerprint density at radius 2 is 1.80 bits per heavy atom. The predicted molar refractivity (Wildman–Crippen MR) is 110 cm³/mol. The molecule has 4 heteroatoms. The third-order valence-corrected chi connectivity index (χ3v) is 3.81. The Morgan fingerprint density at radius 1 is 1.16 bits per heavy atom. The normalized spacial score (nSPS) is 11.6. The summed E-state index contributed by atoms with van der Waals surface area (Å²) in [5.41, 5.74) is 2.69. The molecule has 0 aliphatic heterocycles. The number of allylic oxidation sites excluding steroid dienone is 1. The van der Waals surface area contributed by atoms with Crippen LogP contribution in [0.25, 0.3) is 0 Å². The Hall–Kier alpha value is -1.19. The molecule has 144 valence electrons. The van der Waals surface area contributed by atoms with Gasteiger partial charge in [0.05, 0.1) is 13.7 Å². The second-order valence-corrected chi connectivity index (χ2v) is 8.19. The first kappa shape index (κ1) is 23.8. The van der Waals surface area contributed by atoms with E-state index in [1.54, 1.807) is 7.11 Å². The zero-order valence-corrected chi connectivity index (χ0v) is 17.8. The van der Waals surface area contributed by atoms with Crippen molar-refractivity contribution in [3.63, 3.8) is 0 Å². The van der Waals surface area contributed by atoms with Gasteiger partial charge < -0.3 is 14.8 Å². The lowest BCUT2D eigenvalue weighted by Crippen LogP contribution is -2.41. The summed E-state index contributed by atoms with van der Waals surface area (Å²) in [6, 6.07) is 4.26. The minimum absolute atomic E-state index is 0. The lowest BCUT2D eigenvalue weighted by Gasteiger charge is -2.33. The third-order valence-electron chi connectivity index (χ3n) is 3.81. The van der Waals surface area contributed by atoms with Crippen LogP contribution in [0.4, 0.5) is 0 Å². The fourth-order valence-corrected chi connectivity index (χ4v) is 3.32. The van der Waals surface area contributed by atoms with E-state index in [0.717, 1.165) is 36.4 Å². The van der Waals surface area contributed by atoms with Gasteiger partial charge in [-0.1, -0.05) is 32.9 Å². The molecule has 0 bridgehead atoms. The van der Waals surface area contributed by atoms with Gasteiger partial charge in [-0.15, -0.1) is 19.0 Å². The summed E-state index contributed by atoms with van der Waals surface area (Å²) in [7, 11) is 1.69. The monoisotopic (exact) mass is 369 g/mol. The van der Waals surface area contributed by atoms with E-state index in [2.05, 4.69) is 58.6 Å². The number of hydrogen-bond donors (Lipinski definition) is 1. The molecule has 0 aromatic heterocycles. The first-order valence-corrected chi connectivity index (χ1v) is 8.80. The summed E-state index contributed by atoms with van der Waals surface area (Å²) in [5, 5.41) is 3.68. The Labute approximate surface area is 160 Å². The smallest absolute Gasteiger partial charge is 0.164 e. The molecule has 0 radical (unpaired) electrons. The van der Waals surface area contributed by atoms with Crippen molar-refractivity contribution in [1.82, 2.24) is 5.32 Å². The van der Waals surface area contributed by atoms with E-state index < -0.39 is 0 Å². The molecule has 0 unspecified atom stereocenters. The van der Waals surface area contributed by atoms with Crippen LogP contribution in [0.15, 0.2) is 24.8 Å². The molecule has 0 spiro atoms. The fourth-order valence-electron chi connectivity index (χ4n) is 3.32. The van der Waals surface area contributed by atoms with Crippen LogP contribution in [0.1, 0.15) is 59.1 Å². The van der Waals surface area contributed by atoms with Crippen LogP contribution in [-0.4, -0.2) is 19.3 Å². The van der Waals surface area contributed by atoms with E-state index in [1.165, 1.54) is 5.56 Å². The summed E-state index contributed by atoms with van der Waals surface area (Å²) >= 11 is 0. The summed E-state index contributed by atoms with van der Waals surface area (Å²) in [6.07, 6.45) is 3.77. The zero-order chi connectivity index (χ0) is 18.4. The second kappa shape index (κ2) is 10.1. The largest absolute Gasteiger partial charge is 0.493 e. The molecule has 1 N–H and O–H groups in total. The first-order chi connectivity index (χ1) is 11.1. The molecule has 3 nitrogen and oxygen atoms in total. The van der Waals surface area contributed by atoms with Crippen molar-refractivity contribution in [2.75, 3.05) is 13.7 Å². The van der Waals surface area contributed by atoms with Gasteiger partial charge in [0, 0.05) is 17.6 Å². The van der Waals surface area contributed by atoms with Crippen LogP contribution in [0.2, 0.25) is 0 Å². The Bertz CT molecular complexity index is 548. The number of hydrogen-bond acceptors (Lipinski definition) is 3. The highest BCUT2D eigenvalue weighted by molar-refractivity contribution is 5.85. The molecule has 0 aliphatic carbocycles. The van der Waals surface area contributed by atoms with Gasteiger partial charge in [-0.2, -0.15) is 0 Å². The van der Waals surface area contributed by atoms with E-state index >= 15 is 0 Å². The van der Waals surface area contributed by atoms with Crippen LogP contribution >= 0.6 is 12.4 Å². The van der Waals surface area contributed by atoms with Gasteiger partial charge in [-0.05, 0) is 50.7 Å². The van der Waals surface area contributed by atoms with E-state index in [1.807, 2.05) is 13.0 Å². The average molecular weight is 370 g/mol. The van der Waals surface area contributed by atoms with E-state index in [-0.39, 0.29) is 17.9 Å². The molecule has 0 heterocycles. The topological polar surface area (TPSA) is 30.5 Å². The summed E-state index contributed by atoms with van der Waals surface area (Å²) in [4.78, 5) is 0. The predicted octanol–water partition coefficient (Wildman–Crippen LogP) is 5.55. The molecular weight excluding hydrogens is 334 g/mol. The number of ether oxygens (including phenoxy) is 2. The molecule has 0 fully saturated rings. The Morgan fingerprint density at radius 3 is 2.28 bits per heavy atom. The van der Waals surface area contributed by atoms with E-state index in [9.17, 15) is 0 Å². The van der Waals surface area contributed by atoms with Crippen LogP contribution in [0.3, 0.4) is 0 Å². The maximum Gasteiger partial charge on any atom is 0.164 e. The highest BCUT2D eigenvalue weighted by Gasteiger charge is 2.25. The second-order valence-electron chi connectivity index (χ2n) is 8.19. The number of rotatable bonds is 9. The fraction of sp³-hybridized carbons (Fsp3) is 0.619. The van der Waals surface area contributed by atoms with Crippen LogP contribution < -0.4 is 14.8 Å². The van der Waals surface area contributed by atoms with Gasteiger partial charge in [-0.3, -0.25) is 0 Å². The van der Waals surface area contributed by atoms with Crippen LogP contribution in [0, 0.1) is 5.41 Å². The molecule has 0 saturated heterocycles. The third kappa shape index (κ3) is 8.15. The van der Waals surface area contributed by atoms with Crippen LogP contribution in [0.5, 0.6) is 11.5 Å². The summed E-state index contributed by atoms with van der Waals surface area (Å²) in [6.45, 7) is 18.6. The van der Waals surface area contributed by atoms with Gasteiger partial charge >= 0.3 is 0 Å². The number of halogens is 1. The van der Waals surface area contributed by atoms with Crippen molar-refractivity contribution in [2.24, 2.45) is 5.41 Å². The minimum atomic E-state index is 0. The van der Waals surface area contributed by atoms with E-state index in [4.69, 9.17) is 9.47 Å². The molecule has 0 amide bonds. The molecule has 0 atom stereocenters. The molecule has 0 saturated carbocycles. The lowest BCUT2D eigenvalue weighted by atomic mass is 9.81. The van der Waals surface area contributed by atoms with Crippen molar-refractivity contribution in [1.29, 1.82) is 0 Å². The van der Waals surface area contributed by atoms with Crippen molar-refractivity contribution in [2.45, 2.75) is 66.5 Å². The molecule has 1 aromatic rings. The Balaban J connectivity index is 0.00000576. The number of methoxy groups -OCH3 is 1. The number of benzene rings is 1. The summed E-state index contributed by atoms with van der Waals surface area (Å²) in [5.74, 6) is 1.62. The molecule has 1 rings (SSSR count). The average Bonchev–Trinajstić information content (AvgIpc) is 2.45. The highest BCUT2D eigenvalue weighted by Crippen LogP contribution is 2.34. The zero-order valence-electron chi connectivity index (χ0n) is 17.0. The maximum atomic E-state index is 5.78. The van der Waals surface area contributed by atoms with Crippen LogP contribution in [-0.2, 0) is 13.0 Å². The standard InChI is InChI=1S/C21H35NO2.ClH/c1-9-11-17-12-16(13-18(23-8)19(17)24-10-2)14-22-21(6,7)15-20(3,4)5;/h9,12-13,22H,1,10-11,14-15H2,2-8H3;1H. The van der Waals surface area contributed by atoms with E-state index in [0.29, 0.717) is 12.0 Å². The Kier molecular flexibility index (Phi) is 9.60. The minimum Gasteiger partial charge on any atom is -0.493 e. The van der Waals surface area contributed by atoms with Crippen molar-refractivity contribution < 1.29 is 9.47 Å². The summed E-state index contributed by atoms with van der Waals surface area (Å²) < 4.78 is 11.3. The highest BCUT2D eigenvalue weighted by atomic mass is 35.5. The molecule has 1 aromatic carbocycles. The van der Waals surface area contributed by atoms with Gasteiger partial charge in [0.15, 0.2) is 11.5 Å². The quantitative estimate of drug-likeness (QED) is 0.579. The van der Waals surface area contributed by atoms with Gasteiger partial charge in [0.25, 0.3) is 0 Å². The molecule has 0 aliphatic rings. The SMILES string of the molecule is C=CCc1cc(CNC(C)(C)CC(C)(C)C)cc(OC)c1OCC.Cl. The van der Waals surface area contributed by atoms with Crippen molar-refractivity contribution in [3.05, 3.63) is 35.9 Å². The molecule has 25 heavy (non-hydrogen) atoms. The maximum absolute atomic E-state index is 5.78. The number of nitrogens with one attached hydrogen (secondary N) is 1. The van der Waals surface area contributed by atoms with Gasteiger partial charge in [0.1, 0.15) is 0 Å². The molecular formula is C21H36ClNO2. The van der Waals surface area contributed by atoms with Gasteiger partial charge in [0.2, 0.25) is 0 Å². The van der Waals surface area contributed by atoms with Crippen molar-refractivity contribution in [3.8, 4) is 11.5 Å².